The quantitative estimate of drug-likeness (QED) is 0.839. The summed E-state index contributed by atoms with van der Waals surface area (Å²) in [5, 5.41) is 17.3. The third-order valence-corrected chi connectivity index (χ3v) is 2.28. The zero-order chi connectivity index (χ0) is 10.0. The van der Waals surface area contributed by atoms with Gasteiger partial charge in [-0.3, -0.25) is 0 Å². The molecule has 3 nitrogen and oxygen atoms in total. The largest absolute Gasteiger partial charge is 0.478 e. The summed E-state index contributed by atoms with van der Waals surface area (Å²) in [6.45, 7) is -0.332. The zero-order valence-electron chi connectivity index (χ0n) is 6.42. The van der Waals surface area contributed by atoms with E-state index in [9.17, 15) is 9.18 Å². The molecule has 1 rings (SSSR count). The molecule has 0 aliphatic rings. The lowest BCUT2D eigenvalue weighted by atomic mass is 10.1. The van der Waals surface area contributed by atoms with E-state index in [1.54, 1.807) is 0 Å². The fraction of sp³-hybridized carbons (Fsp3) is 0.125. The fourth-order valence-electron chi connectivity index (χ4n) is 0.879. The minimum Gasteiger partial charge on any atom is -0.478 e. The Kier molecular flexibility index (Phi) is 3.00. The first-order valence-corrected chi connectivity index (χ1v) is 4.17. The molecule has 0 saturated carbocycles. The highest BCUT2D eigenvalue weighted by Crippen LogP contribution is 2.21. The van der Waals surface area contributed by atoms with Crippen LogP contribution >= 0.6 is 15.9 Å². The minimum atomic E-state index is -1.35. The number of halogens is 2. The van der Waals surface area contributed by atoms with Gasteiger partial charge >= 0.3 is 5.97 Å². The Labute approximate surface area is 81.9 Å². The van der Waals surface area contributed by atoms with Crippen LogP contribution in [0.3, 0.4) is 0 Å². The standard InChI is InChI=1S/C8H6BrFO3/c9-6-2-7(10)5(8(12)13)1-4(6)3-11/h1-2,11H,3H2,(H,12,13). The van der Waals surface area contributed by atoms with Crippen LogP contribution in [0.4, 0.5) is 4.39 Å². The van der Waals surface area contributed by atoms with Gasteiger partial charge in [-0.2, -0.15) is 0 Å². The summed E-state index contributed by atoms with van der Waals surface area (Å²) in [6, 6.07) is 2.12. The number of aliphatic hydroxyl groups excluding tert-OH is 1. The summed E-state index contributed by atoms with van der Waals surface area (Å²) < 4.78 is 13.3. The van der Waals surface area contributed by atoms with Crippen LogP contribution < -0.4 is 0 Å². The molecule has 0 unspecified atom stereocenters. The van der Waals surface area contributed by atoms with Gasteiger partial charge in [-0.25, -0.2) is 9.18 Å². The van der Waals surface area contributed by atoms with Gasteiger partial charge in [0.15, 0.2) is 0 Å². The predicted octanol–water partition coefficient (Wildman–Crippen LogP) is 1.78. The first-order valence-electron chi connectivity index (χ1n) is 3.38. The summed E-state index contributed by atoms with van der Waals surface area (Å²) in [4.78, 5) is 10.5. The van der Waals surface area contributed by atoms with E-state index in [1.165, 1.54) is 0 Å². The first kappa shape index (κ1) is 10.1. The maximum atomic E-state index is 12.9. The molecule has 0 aliphatic carbocycles. The molecule has 0 fully saturated rings. The summed E-state index contributed by atoms with van der Waals surface area (Å²) in [5.41, 5.74) is -0.0916. The molecule has 0 atom stereocenters. The molecule has 13 heavy (non-hydrogen) atoms. The van der Waals surface area contributed by atoms with Crippen LogP contribution in [0, 0.1) is 5.82 Å². The van der Waals surface area contributed by atoms with Crippen molar-refractivity contribution in [3.63, 3.8) is 0 Å². The molecule has 0 bridgehead atoms. The van der Waals surface area contributed by atoms with E-state index in [0.717, 1.165) is 12.1 Å². The van der Waals surface area contributed by atoms with E-state index < -0.39 is 17.3 Å². The maximum absolute atomic E-state index is 12.9. The van der Waals surface area contributed by atoms with Crippen LogP contribution in [0.15, 0.2) is 16.6 Å². The highest BCUT2D eigenvalue weighted by atomic mass is 79.9. The number of hydrogen-bond acceptors (Lipinski definition) is 2. The lowest BCUT2D eigenvalue weighted by Crippen LogP contribution is -2.02. The van der Waals surface area contributed by atoms with Crippen LogP contribution in [0.25, 0.3) is 0 Å². The van der Waals surface area contributed by atoms with Crippen molar-refractivity contribution in [2.45, 2.75) is 6.61 Å². The second kappa shape index (κ2) is 3.85. The number of carboxylic acids is 1. The van der Waals surface area contributed by atoms with Crippen molar-refractivity contribution in [2.24, 2.45) is 0 Å². The molecule has 2 N–H and O–H groups in total. The lowest BCUT2D eigenvalue weighted by Gasteiger charge is -2.03. The minimum absolute atomic E-state index is 0.332. The molecule has 0 heterocycles. The van der Waals surface area contributed by atoms with Gasteiger partial charge in [-0.05, 0) is 17.7 Å². The highest BCUT2D eigenvalue weighted by molar-refractivity contribution is 9.10. The molecular formula is C8H6BrFO3. The second-order valence-electron chi connectivity index (χ2n) is 2.39. The predicted molar refractivity (Wildman–Crippen MR) is 47.0 cm³/mol. The van der Waals surface area contributed by atoms with Crippen molar-refractivity contribution in [3.05, 3.63) is 33.5 Å². The second-order valence-corrected chi connectivity index (χ2v) is 3.24. The fourth-order valence-corrected chi connectivity index (χ4v) is 1.32. The number of aliphatic hydroxyl groups is 1. The number of carbonyl (C=O) groups is 1. The molecule has 0 saturated heterocycles. The molecule has 0 radical (unpaired) electrons. The average Bonchev–Trinajstić information content (AvgIpc) is 2.03. The third-order valence-electron chi connectivity index (χ3n) is 1.54. The molecular weight excluding hydrogens is 243 g/mol. The number of aromatic carboxylic acids is 1. The maximum Gasteiger partial charge on any atom is 0.338 e. The van der Waals surface area contributed by atoms with Crippen molar-refractivity contribution < 1.29 is 19.4 Å². The van der Waals surface area contributed by atoms with E-state index in [2.05, 4.69) is 15.9 Å². The summed E-state index contributed by atoms with van der Waals surface area (Å²) >= 11 is 3.00. The molecule has 70 valence electrons. The molecule has 5 heteroatoms. The van der Waals surface area contributed by atoms with Crippen molar-refractivity contribution in [3.8, 4) is 0 Å². The highest BCUT2D eigenvalue weighted by Gasteiger charge is 2.13. The Bertz CT molecular complexity index is 351. The average molecular weight is 249 g/mol. The van der Waals surface area contributed by atoms with Gasteiger partial charge in [0.05, 0.1) is 12.2 Å². The van der Waals surface area contributed by atoms with E-state index in [0.29, 0.717) is 10.0 Å². The van der Waals surface area contributed by atoms with Gasteiger partial charge in [0.1, 0.15) is 5.82 Å². The summed E-state index contributed by atoms with van der Waals surface area (Å²) in [5.74, 6) is -2.17. The lowest BCUT2D eigenvalue weighted by molar-refractivity contribution is 0.0691. The topological polar surface area (TPSA) is 57.5 Å². The SMILES string of the molecule is O=C(O)c1cc(CO)c(Br)cc1F. The van der Waals surface area contributed by atoms with Gasteiger partial charge in [-0.15, -0.1) is 0 Å². The van der Waals surface area contributed by atoms with Crippen LogP contribution in [-0.2, 0) is 6.61 Å². The monoisotopic (exact) mass is 248 g/mol. The van der Waals surface area contributed by atoms with E-state index >= 15 is 0 Å². The molecule has 0 aliphatic heterocycles. The Morgan fingerprint density at radius 3 is 2.62 bits per heavy atom. The van der Waals surface area contributed by atoms with Crippen LogP contribution in [0.1, 0.15) is 15.9 Å². The van der Waals surface area contributed by atoms with Gasteiger partial charge in [0, 0.05) is 4.47 Å². The number of rotatable bonds is 2. The van der Waals surface area contributed by atoms with Crippen molar-refractivity contribution in [2.75, 3.05) is 0 Å². The first-order chi connectivity index (χ1) is 6.06. The van der Waals surface area contributed by atoms with Crippen molar-refractivity contribution >= 4 is 21.9 Å². The van der Waals surface area contributed by atoms with Crippen LogP contribution in [0.2, 0.25) is 0 Å². The van der Waals surface area contributed by atoms with Gasteiger partial charge in [-0.1, -0.05) is 15.9 Å². The van der Waals surface area contributed by atoms with Gasteiger partial charge in [0.2, 0.25) is 0 Å². The van der Waals surface area contributed by atoms with Crippen LogP contribution in [0.5, 0.6) is 0 Å². The van der Waals surface area contributed by atoms with Gasteiger partial charge in [0.25, 0.3) is 0 Å². The van der Waals surface area contributed by atoms with E-state index in [1.807, 2.05) is 0 Å². The molecule has 1 aromatic rings. The Balaban J connectivity index is 3.30. The van der Waals surface area contributed by atoms with Crippen molar-refractivity contribution in [1.82, 2.24) is 0 Å². The third kappa shape index (κ3) is 2.05. The molecule has 1 aromatic carbocycles. The Morgan fingerprint density at radius 1 is 1.54 bits per heavy atom. The normalized spacial score (nSPS) is 10.1. The van der Waals surface area contributed by atoms with Crippen LogP contribution in [-0.4, -0.2) is 16.2 Å². The molecule has 0 spiro atoms. The van der Waals surface area contributed by atoms with E-state index in [4.69, 9.17) is 10.2 Å². The van der Waals surface area contributed by atoms with E-state index in [-0.39, 0.29) is 6.61 Å². The molecule has 0 aromatic heterocycles. The summed E-state index contributed by atoms with van der Waals surface area (Å²) in [6.07, 6.45) is 0. The smallest absolute Gasteiger partial charge is 0.338 e. The number of hydrogen-bond donors (Lipinski definition) is 2. The number of carboxylic acid groups (broad SMARTS) is 1. The Hall–Kier alpha value is -0.940. The summed E-state index contributed by atoms with van der Waals surface area (Å²) in [7, 11) is 0. The molecule has 0 amide bonds. The Morgan fingerprint density at radius 2 is 2.15 bits per heavy atom. The van der Waals surface area contributed by atoms with Gasteiger partial charge < -0.3 is 10.2 Å². The zero-order valence-corrected chi connectivity index (χ0v) is 8.01. The number of benzene rings is 1. The van der Waals surface area contributed by atoms with Crippen molar-refractivity contribution in [1.29, 1.82) is 0 Å².